The van der Waals surface area contributed by atoms with Gasteiger partial charge in [-0.25, -0.2) is 0 Å². The van der Waals surface area contributed by atoms with Gasteiger partial charge >= 0.3 is 0 Å². The Morgan fingerprint density at radius 1 is 0.460 bits per heavy atom. The van der Waals surface area contributed by atoms with Crippen molar-refractivity contribution in [3.63, 3.8) is 0 Å². The molecule has 0 saturated carbocycles. The average Bonchev–Trinajstić information content (AvgIpc) is 3.40. The Morgan fingerprint density at radius 3 is 1.94 bits per heavy atom. The van der Waals surface area contributed by atoms with E-state index in [0.717, 1.165) is 33.0 Å². The zero-order chi connectivity index (χ0) is 33.4. The Kier molecular flexibility index (Phi) is 6.25. The van der Waals surface area contributed by atoms with Gasteiger partial charge in [0.05, 0.1) is 0 Å². The predicted molar refractivity (Wildman–Crippen MR) is 209 cm³/mol. The Labute approximate surface area is 291 Å². The molecule has 0 unspecified atom stereocenters. The number of aromatic nitrogens is 1. The van der Waals surface area contributed by atoms with Crippen molar-refractivity contribution in [3.8, 4) is 44.9 Å². The molecule has 1 aliphatic carbocycles. The third kappa shape index (κ3) is 4.25. The lowest BCUT2D eigenvalue weighted by molar-refractivity contribution is 0.494. The summed E-state index contributed by atoms with van der Waals surface area (Å²) in [6.07, 6.45) is 3.85. The standard InChI is InChI=1S/C48H33NO/c1-48(2)44-18-10-9-15-37(44)38-24-21-31(28-45(38)48)30-19-22-33(23-20-30)50-47-40-17-8-7-16-39(40)46(43-29-49-26-25-41(43)47)42-27-32-11-3-4-12-34(32)35-13-5-6-14-36(35)42/h3-29H,1-2H3. The van der Waals surface area contributed by atoms with Crippen molar-refractivity contribution in [2.75, 3.05) is 0 Å². The highest BCUT2D eigenvalue weighted by Crippen LogP contribution is 2.50. The van der Waals surface area contributed by atoms with Gasteiger partial charge in [-0.05, 0) is 102 Å². The van der Waals surface area contributed by atoms with E-state index < -0.39 is 0 Å². The summed E-state index contributed by atoms with van der Waals surface area (Å²) >= 11 is 0. The van der Waals surface area contributed by atoms with Crippen molar-refractivity contribution < 1.29 is 4.74 Å². The van der Waals surface area contributed by atoms with Crippen LogP contribution in [0.1, 0.15) is 25.0 Å². The van der Waals surface area contributed by atoms with Crippen molar-refractivity contribution >= 4 is 43.1 Å². The van der Waals surface area contributed by atoms with Crippen LogP contribution in [0.25, 0.3) is 76.5 Å². The van der Waals surface area contributed by atoms with Crippen LogP contribution in [0.4, 0.5) is 0 Å². The van der Waals surface area contributed by atoms with E-state index in [1.165, 1.54) is 66.1 Å². The van der Waals surface area contributed by atoms with Crippen LogP contribution in [0.3, 0.4) is 0 Å². The summed E-state index contributed by atoms with van der Waals surface area (Å²) in [4.78, 5) is 4.63. The molecule has 8 aromatic carbocycles. The third-order valence-corrected chi connectivity index (χ3v) is 10.8. The molecule has 2 nitrogen and oxygen atoms in total. The molecule has 1 aromatic heterocycles. The van der Waals surface area contributed by atoms with Crippen LogP contribution in [0.2, 0.25) is 0 Å². The van der Waals surface area contributed by atoms with Crippen LogP contribution >= 0.6 is 0 Å². The van der Waals surface area contributed by atoms with Crippen LogP contribution in [-0.4, -0.2) is 4.98 Å². The average molecular weight is 640 g/mol. The molecule has 0 spiro atoms. The van der Waals surface area contributed by atoms with Gasteiger partial charge in [0.15, 0.2) is 0 Å². The predicted octanol–water partition coefficient (Wildman–Crippen LogP) is 13.1. The molecule has 50 heavy (non-hydrogen) atoms. The zero-order valence-corrected chi connectivity index (χ0v) is 27.9. The van der Waals surface area contributed by atoms with Crippen molar-refractivity contribution in [2.45, 2.75) is 19.3 Å². The fraction of sp³-hybridized carbons (Fsp3) is 0.0625. The summed E-state index contributed by atoms with van der Waals surface area (Å²) < 4.78 is 6.87. The quantitative estimate of drug-likeness (QED) is 0.141. The van der Waals surface area contributed by atoms with E-state index in [1.807, 2.05) is 12.4 Å². The highest BCUT2D eigenvalue weighted by Gasteiger charge is 2.35. The summed E-state index contributed by atoms with van der Waals surface area (Å²) in [5.74, 6) is 1.64. The van der Waals surface area contributed by atoms with Crippen LogP contribution in [0.5, 0.6) is 11.5 Å². The van der Waals surface area contributed by atoms with Gasteiger partial charge in [0, 0.05) is 34.0 Å². The lowest BCUT2D eigenvalue weighted by atomic mass is 9.81. The zero-order valence-electron chi connectivity index (χ0n) is 27.9. The van der Waals surface area contributed by atoms with Gasteiger partial charge in [-0.2, -0.15) is 0 Å². The Hall–Kier alpha value is -6.25. The highest BCUT2D eigenvalue weighted by molar-refractivity contribution is 6.23. The molecule has 0 bridgehead atoms. The molecule has 1 heterocycles. The largest absolute Gasteiger partial charge is 0.456 e. The molecule has 9 aromatic rings. The van der Waals surface area contributed by atoms with Crippen LogP contribution < -0.4 is 4.74 Å². The first kappa shape index (κ1) is 28.7. The highest BCUT2D eigenvalue weighted by atomic mass is 16.5. The SMILES string of the molecule is CC1(C)c2ccccc2-c2ccc(-c3ccc(Oc4c5ccccc5c(-c5cc6ccccc6c6ccccc56)c5cnccc45)cc3)cc21. The second-order valence-electron chi connectivity index (χ2n) is 13.9. The van der Waals surface area contributed by atoms with Gasteiger partial charge in [0.1, 0.15) is 11.5 Å². The lowest BCUT2D eigenvalue weighted by Crippen LogP contribution is -2.14. The molecule has 0 atom stereocenters. The first-order chi connectivity index (χ1) is 24.6. The van der Waals surface area contributed by atoms with E-state index in [-0.39, 0.29) is 5.41 Å². The maximum absolute atomic E-state index is 6.87. The van der Waals surface area contributed by atoms with E-state index in [2.05, 4.69) is 170 Å². The second kappa shape index (κ2) is 10.9. The van der Waals surface area contributed by atoms with Crippen LogP contribution in [-0.2, 0) is 5.41 Å². The number of hydrogen-bond acceptors (Lipinski definition) is 2. The molecule has 236 valence electrons. The summed E-state index contributed by atoms with van der Waals surface area (Å²) in [5.41, 5.74) is 10.2. The molecule has 10 rings (SSSR count). The minimum absolute atomic E-state index is 0.0345. The molecule has 0 aliphatic heterocycles. The van der Waals surface area contributed by atoms with Crippen LogP contribution in [0, 0.1) is 0 Å². The number of pyridine rings is 1. The van der Waals surface area contributed by atoms with Crippen LogP contribution in [0.15, 0.2) is 164 Å². The molecular weight excluding hydrogens is 607 g/mol. The minimum Gasteiger partial charge on any atom is -0.456 e. The van der Waals surface area contributed by atoms with Crippen molar-refractivity contribution in [2.24, 2.45) is 0 Å². The third-order valence-electron chi connectivity index (χ3n) is 10.8. The minimum atomic E-state index is -0.0345. The molecule has 2 heteroatoms. The lowest BCUT2D eigenvalue weighted by Gasteiger charge is -2.22. The van der Waals surface area contributed by atoms with Gasteiger partial charge in [-0.15, -0.1) is 0 Å². The van der Waals surface area contributed by atoms with E-state index >= 15 is 0 Å². The fourth-order valence-electron chi connectivity index (χ4n) is 8.36. The smallest absolute Gasteiger partial charge is 0.143 e. The summed E-state index contributed by atoms with van der Waals surface area (Å²) in [7, 11) is 0. The number of benzene rings is 8. The van der Waals surface area contributed by atoms with Gasteiger partial charge < -0.3 is 4.74 Å². The monoisotopic (exact) mass is 639 g/mol. The number of ether oxygens (including phenoxy) is 1. The Morgan fingerprint density at radius 2 is 1.10 bits per heavy atom. The van der Waals surface area contributed by atoms with Gasteiger partial charge in [0.25, 0.3) is 0 Å². The van der Waals surface area contributed by atoms with Gasteiger partial charge in [0.2, 0.25) is 0 Å². The molecule has 0 N–H and O–H groups in total. The first-order valence-electron chi connectivity index (χ1n) is 17.3. The summed E-state index contributed by atoms with van der Waals surface area (Å²) in [6, 6.07) is 54.6. The maximum Gasteiger partial charge on any atom is 0.143 e. The van der Waals surface area contributed by atoms with Crippen molar-refractivity contribution in [1.29, 1.82) is 0 Å². The maximum atomic E-state index is 6.87. The fourth-order valence-corrected chi connectivity index (χ4v) is 8.36. The second-order valence-corrected chi connectivity index (χ2v) is 13.9. The van der Waals surface area contributed by atoms with E-state index in [4.69, 9.17) is 4.74 Å². The molecule has 0 amide bonds. The Balaban J connectivity index is 1.09. The van der Waals surface area contributed by atoms with E-state index in [1.54, 1.807) is 0 Å². The molecule has 0 fully saturated rings. The molecule has 0 saturated heterocycles. The number of hydrogen-bond donors (Lipinski definition) is 0. The first-order valence-corrected chi connectivity index (χ1v) is 17.3. The molecule has 0 radical (unpaired) electrons. The van der Waals surface area contributed by atoms with Gasteiger partial charge in [-0.3, -0.25) is 4.98 Å². The number of rotatable bonds is 4. The number of nitrogens with zero attached hydrogens (tertiary/aromatic N) is 1. The number of fused-ring (bicyclic) bond motifs is 8. The van der Waals surface area contributed by atoms with Crippen molar-refractivity contribution in [1.82, 2.24) is 4.98 Å². The molecule has 1 aliphatic rings. The summed E-state index contributed by atoms with van der Waals surface area (Å²) in [6.45, 7) is 4.66. The van der Waals surface area contributed by atoms with E-state index in [0.29, 0.717) is 0 Å². The van der Waals surface area contributed by atoms with Crippen molar-refractivity contribution in [3.05, 3.63) is 175 Å². The van der Waals surface area contributed by atoms with Gasteiger partial charge in [-0.1, -0.05) is 135 Å². The Bertz CT molecular complexity index is 2750. The van der Waals surface area contributed by atoms with E-state index in [9.17, 15) is 0 Å². The molecular formula is C48H33NO. The topological polar surface area (TPSA) is 22.1 Å². The summed E-state index contributed by atoms with van der Waals surface area (Å²) in [5, 5.41) is 9.28. The normalized spacial score (nSPS) is 13.2.